The number of hydrogen-bond acceptors (Lipinski definition) is 3. The second-order valence-electron chi connectivity index (χ2n) is 6.07. The summed E-state index contributed by atoms with van der Waals surface area (Å²) in [5.74, 6) is 0.846. The first-order chi connectivity index (χ1) is 11.5. The lowest BCUT2D eigenvalue weighted by Gasteiger charge is -2.17. The van der Waals surface area contributed by atoms with Crippen LogP contribution in [0.5, 0.6) is 5.75 Å². The molecule has 2 aromatic carbocycles. The first kappa shape index (κ1) is 17.9. The van der Waals surface area contributed by atoms with Gasteiger partial charge in [-0.2, -0.15) is 0 Å². The second-order valence-corrected chi connectivity index (χ2v) is 6.07. The Morgan fingerprint density at radius 1 is 1.12 bits per heavy atom. The first-order valence-corrected chi connectivity index (χ1v) is 8.24. The van der Waals surface area contributed by atoms with E-state index in [-0.39, 0.29) is 11.9 Å². The number of nitrogens with one attached hydrogen (secondary N) is 2. The summed E-state index contributed by atoms with van der Waals surface area (Å²) in [7, 11) is 1.65. The van der Waals surface area contributed by atoms with Crippen LogP contribution < -0.4 is 15.4 Å². The zero-order chi connectivity index (χ0) is 17.5. The Balaban J connectivity index is 1.81. The van der Waals surface area contributed by atoms with E-state index < -0.39 is 0 Å². The summed E-state index contributed by atoms with van der Waals surface area (Å²) in [4.78, 5) is 12.2. The van der Waals surface area contributed by atoms with E-state index in [1.807, 2.05) is 45.0 Å². The lowest BCUT2D eigenvalue weighted by atomic mass is 10.1. The molecule has 1 atom stereocenters. The van der Waals surface area contributed by atoms with Crippen molar-refractivity contribution in [3.63, 3.8) is 0 Å². The average molecular weight is 326 g/mol. The van der Waals surface area contributed by atoms with E-state index in [0.717, 1.165) is 23.4 Å². The van der Waals surface area contributed by atoms with Crippen LogP contribution in [0.4, 0.5) is 5.69 Å². The summed E-state index contributed by atoms with van der Waals surface area (Å²) >= 11 is 0. The van der Waals surface area contributed by atoms with Gasteiger partial charge in [-0.1, -0.05) is 24.3 Å². The molecule has 2 aromatic rings. The number of rotatable bonds is 7. The predicted octanol–water partition coefficient (Wildman–Crippen LogP) is 3.47. The summed E-state index contributed by atoms with van der Waals surface area (Å²) < 4.78 is 5.14. The summed E-state index contributed by atoms with van der Waals surface area (Å²) in [5.41, 5.74) is 4.49. The number of carbonyl (C=O) groups excluding carboxylic acids is 1. The Hall–Kier alpha value is -2.49. The Kier molecular flexibility index (Phi) is 6.24. The molecule has 0 aliphatic carbocycles. The minimum atomic E-state index is -0.277. The van der Waals surface area contributed by atoms with Crippen LogP contribution in [0.1, 0.15) is 23.6 Å². The Morgan fingerprint density at radius 2 is 1.83 bits per heavy atom. The fourth-order valence-electron chi connectivity index (χ4n) is 2.47. The van der Waals surface area contributed by atoms with E-state index >= 15 is 0 Å². The van der Waals surface area contributed by atoms with Gasteiger partial charge in [-0.15, -0.1) is 0 Å². The van der Waals surface area contributed by atoms with Gasteiger partial charge in [0.1, 0.15) is 11.8 Å². The minimum Gasteiger partial charge on any atom is -0.497 e. The van der Waals surface area contributed by atoms with Crippen molar-refractivity contribution < 1.29 is 9.53 Å². The van der Waals surface area contributed by atoms with Crippen LogP contribution in [0.3, 0.4) is 0 Å². The minimum absolute atomic E-state index is 0.00409. The van der Waals surface area contributed by atoms with E-state index in [1.165, 1.54) is 11.1 Å². The standard InChI is InChI=1S/C20H26N2O2/c1-14-5-6-15(2)19(13-14)22-16(3)20(23)21-12-11-17-7-9-18(24-4)10-8-17/h5-10,13,16,22H,11-12H2,1-4H3,(H,21,23)/t16-/m1/s1. The highest BCUT2D eigenvalue weighted by molar-refractivity contribution is 5.84. The molecule has 0 aromatic heterocycles. The number of anilines is 1. The van der Waals surface area contributed by atoms with Crippen LogP contribution in [0.15, 0.2) is 42.5 Å². The van der Waals surface area contributed by atoms with Crippen molar-refractivity contribution in [1.82, 2.24) is 5.32 Å². The lowest BCUT2D eigenvalue weighted by molar-refractivity contribution is -0.121. The van der Waals surface area contributed by atoms with Gasteiger partial charge in [0.15, 0.2) is 0 Å². The number of ether oxygens (including phenoxy) is 1. The van der Waals surface area contributed by atoms with E-state index in [2.05, 4.69) is 28.8 Å². The molecule has 0 saturated heterocycles. The van der Waals surface area contributed by atoms with Crippen molar-refractivity contribution in [2.45, 2.75) is 33.2 Å². The summed E-state index contributed by atoms with van der Waals surface area (Å²) in [6.45, 7) is 6.58. The molecule has 4 nitrogen and oxygen atoms in total. The molecule has 128 valence electrons. The van der Waals surface area contributed by atoms with Crippen LogP contribution >= 0.6 is 0 Å². The molecular weight excluding hydrogens is 300 g/mol. The molecule has 0 spiro atoms. The fraction of sp³-hybridized carbons (Fsp3) is 0.350. The molecule has 1 amide bonds. The van der Waals surface area contributed by atoms with Crippen LogP contribution in [0, 0.1) is 13.8 Å². The van der Waals surface area contributed by atoms with Crippen LogP contribution in [0.25, 0.3) is 0 Å². The summed E-state index contributed by atoms with van der Waals surface area (Å²) in [5, 5.41) is 6.27. The van der Waals surface area contributed by atoms with Crippen molar-refractivity contribution >= 4 is 11.6 Å². The topological polar surface area (TPSA) is 50.4 Å². The molecule has 2 rings (SSSR count). The van der Waals surface area contributed by atoms with Crippen LogP contribution in [0.2, 0.25) is 0 Å². The third-order valence-electron chi connectivity index (χ3n) is 4.03. The molecule has 0 aliphatic heterocycles. The number of methoxy groups -OCH3 is 1. The SMILES string of the molecule is COc1ccc(CCNC(=O)[C@@H](C)Nc2cc(C)ccc2C)cc1. The molecule has 2 N–H and O–H groups in total. The van der Waals surface area contributed by atoms with Gasteiger partial charge in [0.05, 0.1) is 7.11 Å². The van der Waals surface area contributed by atoms with Crippen molar-refractivity contribution in [1.29, 1.82) is 0 Å². The van der Waals surface area contributed by atoms with Crippen molar-refractivity contribution in [2.24, 2.45) is 0 Å². The largest absolute Gasteiger partial charge is 0.497 e. The molecule has 0 aliphatic rings. The molecule has 0 heterocycles. The summed E-state index contributed by atoms with van der Waals surface area (Å²) in [6, 6.07) is 13.8. The van der Waals surface area contributed by atoms with Crippen LogP contribution in [-0.4, -0.2) is 25.6 Å². The predicted molar refractivity (Wildman–Crippen MR) is 98.7 cm³/mol. The van der Waals surface area contributed by atoms with Gasteiger partial charge in [-0.05, 0) is 62.1 Å². The summed E-state index contributed by atoms with van der Waals surface area (Å²) in [6.07, 6.45) is 0.798. The van der Waals surface area contributed by atoms with Gasteiger partial charge in [-0.3, -0.25) is 4.79 Å². The Bertz CT molecular complexity index is 681. The van der Waals surface area contributed by atoms with E-state index in [1.54, 1.807) is 7.11 Å². The zero-order valence-electron chi connectivity index (χ0n) is 14.8. The van der Waals surface area contributed by atoms with Crippen LogP contribution in [-0.2, 0) is 11.2 Å². The normalized spacial score (nSPS) is 11.7. The van der Waals surface area contributed by atoms with E-state index in [9.17, 15) is 4.79 Å². The molecule has 0 radical (unpaired) electrons. The highest BCUT2D eigenvalue weighted by Gasteiger charge is 2.13. The van der Waals surface area contributed by atoms with Gasteiger partial charge >= 0.3 is 0 Å². The maximum Gasteiger partial charge on any atom is 0.242 e. The van der Waals surface area contributed by atoms with E-state index in [0.29, 0.717) is 6.54 Å². The molecule has 0 unspecified atom stereocenters. The number of amides is 1. The number of benzene rings is 2. The van der Waals surface area contributed by atoms with E-state index in [4.69, 9.17) is 4.74 Å². The molecule has 0 fully saturated rings. The highest BCUT2D eigenvalue weighted by Crippen LogP contribution is 2.17. The van der Waals surface area contributed by atoms with Crippen molar-refractivity contribution in [3.05, 3.63) is 59.2 Å². The smallest absolute Gasteiger partial charge is 0.242 e. The molecular formula is C20H26N2O2. The van der Waals surface area contributed by atoms with Gasteiger partial charge in [0, 0.05) is 12.2 Å². The van der Waals surface area contributed by atoms with Crippen molar-refractivity contribution in [2.75, 3.05) is 19.0 Å². The quantitative estimate of drug-likeness (QED) is 0.819. The number of hydrogen-bond donors (Lipinski definition) is 2. The molecule has 24 heavy (non-hydrogen) atoms. The zero-order valence-corrected chi connectivity index (χ0v) is 14.8. The maximum absolute atomic E-state index is 12.2. The fourth-order valence-corrected chi connectivity index (χ4v) is 2.47. The third-order valence-corrected chi connectivity index (χ3v) is 4.03. The lowest BCUT2D eigenvalue weighted by Crippen LogP contribution is -2.38. The molecule has 4 heteroatoms. The Morgan fingerprint density at radius 3 is 2.50 bits per heavy atom. The molecule has 0 saturated carbocycles. The highest BCUT2D eigenvalue weighted by atomic mass is 16.5. The number of aryl methyl sites for hydroxylation is 2. The third kappa shape index (κ3) is 5.01. The Labute approximate surface area is 144 Å². The number of carbonyl (C=O) groups is 1. The van der Waals surface area contributed by atoms with Gasteiger partial charge in [0.2, 0.25) is 5.91 Å². The maximum atomic E-state index is 12.2. The monoisotopic (exact) mass is 326 g/mol. The first-order valence-electron chi connectivity index (χ1n) is 8.24. The van der Waals surface area contributed by atoms with Gasteiger partial charge in [0.25, 0.3) is 0 Å². The average Bonchev–Trinajstić information content (AvgIpc) is 2.58. The second kappa shape index (κ2) is 8.39. The van der Waals surface area contributed by atoms with Crippen molar-refractivity contribution in [3.8, 4) is 5.75 Å². The van der Waals surface area contributed by atoms with Gasteiger partial charge < -0.3 is 15.4 Å². The molecule has 0 bridgehead atoms. The van der Waals surface area contributed by atoms with Gasteiger partial charge in [-0.25, -0.2) is 0 Å².